The number of benzene rings is 2. The molecular formula is C22H24N2O2S. The lowest BCUT2D eigenvalue weighted by atomic mass is 10.0. The Morgan fingerprint density at radius 2 is 1.96 bits per heavy atom. The summed E-state index contributed by atoms with van der Waals surface area (Å²) in [6.07, 6.45) is 2.08. The molecule has 2 aromatic rings. The van der Waals surface area contributed by atoms with Gasteiger partial charge in [-0.25, -0.2) is 0 Å². The number of aryl methyl sites for hydroxylation is 1. The summed E-state index contributed by atoms with van der Waals surface area (Å²) in [5, 5.41) is 3.21. The summed E-state index contributed by atoms with van der Waals surface area (Å²) in [7, 11) is 0. The number of fused-ring (bicyclic) bond motifs is 1. The van der Waals surface area contributed by atoms with Crippen LogP contribution in [0.3, 0.4) is 0 Å². The summed E-state index contributed by atoms with van der Waals surface area (Å²) >= 11 is 1.84. The predicted octanol–water partition coefficient (Wildman–Crippen LogP) is 3.96. The topological polar surface area (TPSA) is 49.4 Å². The van der Waals surface area contributed by atoms with E-state index >= 15 is 0 Å². The molecule has 2 amide bonds. The van der Waals surface area contributed by atoms with Crippen LogP contribution in [0.2, 0.25) is 0 Å². The Labute approximate surface area is 164 Å². The number of hydrogen-bond donors (Lipinski definition) is 1. The molecule has 1 N–H and O–H groups in total. The molecule has 0 unspecified atom stereocenters. The van der Waals surface area contributed by atoms with Crippen LogP contribution in [0.5, 0.6) is 0 Å². The van der Waals surface area contributed by atoms with Gasteiger partial charge in [0.2, 0.25) is 11.8 Å². The Bertz CT molecular complexity index is 867. The van der Waals surface area contributed by atoms with Crippen LogP contribution < -0.4 is 10.2 Å². The van der Waals surface area contributed by atoms with Crippen molar-refractivity contribution in [2.45, 2.75) is 37.1 Å². The van der Waals surface area contributed by atoms with Crippen molar-refractivity contribution >= 4 is 29.3 Å². The smallest absolute Gasteiger partial charge is 0.227 e. The monoisotopic (exact) mass is 380 g/mol. The number of rotatable bonds is 4. The van der Waals surface area contributed by atoms with Crippen molar-refractivity contribution in [2.24, 2.45) is 5.92 Å². The van der Waals surface area contributed by atoms with Crippen LogP contribution in [-0.2, 0) is 16.0 Å². The van der Waals surface area contributed by atoms with Gasteiger partial charge in [0, 0.05) is 29.3 Å². The van der Waals surface area contributed by atoms with E-state index in [1.165, 1.54) is 10.5 Å². The zero-order chi connectivity index (χ0) is 18.8. The van der Waals surface area contributed by atoms with Gasteiger partial charge in [0.1, 0.15) is 0 Å². The van der Waals surface area contributed by atoms with Crippen LogP contribution in [0.4, 0.5) is 5.69 Å². The van der Waals surface area contributed by atoms with Crippen molar-refractivity contribution in [1.82, 2.24) is 5.32 Å². The number of nitrogens with zero attached hydrogens (tertiary/aromatic N) is 1. The molecule has 5 heteroatoms. The van der Waals surface area contributed by atoms with Gasteiger partial charge in [-0.15, -0.1) is 11.8 Å². The summed E-state index contributed by atoms with van der Waals surface area (Å²) in [4.78, 5) is 28.5. The fourth-order valence-corrected chi connectivity index (χ4v) is 5.10. The minimum atomic E-state index is -0.288. The molecule has 0 aliphatic carbocycles. The number of carbonyl (C=O) groups is 2. The van der Waals surface area contributed by atoms with E-state index in [2.05, 4.69) is 24.4 Å². The molecule has 2 aromatic carbocycles. The minimum Gasteiger partial charge on any atom is -0.349 e. The van der Waals surface area contributed by atoms with E-state index in [-0.39, 0.29) is 30.2 Å². The molecule has 4 rings (SSSR count). The van der Waals surface area contributed by atoms with Gasteiger partial charge in [-0.05, 0) is 36.1 Å². The molecule has 0 radical (unpaired) electrons. The average Bonchev–Trinajstić information content (AvgIpc) is 3.10. The SMILES string of the molecule is CCc1ccccc1N1C[C@H](C(=O)N[C@@H]2CCSc3ccccc32)CC1=O. The Hall–Kier alpha value is -2.27. The summed E-state index contributed by atoms with van der Waals surface area (Å²) in [5.41, 5.74) is 3.28. The highest BCUT2D eigenvalue weighted by atomic mass is 32.2. The van der Waals surface area contributed by atoms with E-state index < -0.39 is 0 Å². The van der Waals surface area contributed by atoms with Gasteiger partial charge in [-0.3, -0.25) is 9.59 Å². The highest BCUT2D eigenvalue weighted by molar-refractivity contribution is 7.99. The highest BCUT2D eigenvalue weighted by Gasteiger charge is 2.37. The summed E-state index contributed by atoms with van der Waals surface area (Å²) in [6.45, 7) is 2.55. The van der Waals surface area contributed by atoms with E-state index in [1.54, 1.807) is 4.90 Å². The van der Waals surface area contributed by atoms with Crippen molar-refractivity contribution in [2.75, 3.05) is 17.2 Å². The highest BCUT2D eigenvalue weighted by Crippen LogP contribution is 2.36. The molecule has 0 saturated carbocycles. The first-order valence-electron chi connectivity index (χ1n) is 9.57. The van der Waals surface area contributed by atoms with Crippen LogP contribution in [0.25, 0.3) is 0 Å². The van der Waals surface area contributed by atoms with Gasteiger partial charge in [0.05, 0.1) is 12.0 Å². The second kappa shape index (κ2) is 7.77. The Kier molecular flexibility index (Phi) is 5.21. The molecule has 1 fully saturated rings. The third-order valence-corrected chi connectivity index (χ3v) is 6.56. The molecule has 140 valence electrons. The maximum Gasteiger partial charge on any atom is 0.227 e. The number of thioether (sulfide) groups is 1. The molecule has 2 atom stereocenters. The largest absolute Gasteiger partial charge is 0.349 e. The van der Waals surface area contributed by atoms with Crippen molar-refractivity contribution < 1.29 is 9.59 Å². The fraction of sp³-hybridized carbons (Fsp3) is 0.364. The van der Waals surface area contributed by atoms with Gasteiger partial charge >= 0.3 is 0 Å². The summed E-state index contributed by atoms with van der Waals surface area (Å²) in [5.74, 6) is 0.744. The molecule has 2 aliphatic heterocycles. The molecule has 4 nitrogen and oxygen atoms in total. The molecule has 2 aliphatic rings. The summed E-state index contributed by atoms with van der Waals surface area (Å²) < 4.78 is 0. The zero-order valence-corrected chi connectivity index (χ0v) is 16.3. The first-order chi connectivity index (χ1) is 13.2. The minimum absolute atomic E-state index is 0.00784. The van der Waals surface area contributed by atoms with Crippen molar-refractivity contribution in [3.05, 3.63) is 59.7 Å². The maximum absolute atomic E-state index is 12.9. The third-order valence-electron chi connectivity index (χ3n) is 5.43. The Morgan fingerprint density at radius 3 is 2.81 bits per heavy atom. The van der Waals surface area contributed by atoms with Crippen LogP contribution in [0.15, 0.2) is 53.4 Å². The number of hydrogen-bond acceptors (Lipinski definition) is 3. The molecule has 0 bridgehead atoms. The standard InChI is InChI=1S/C22H24N2O2S/c1-2-15-7-3-5-9-19(15)24-14-16(13-21(24)25)22(26)23-18-11-12-27-20-10-6-4-8-17(18)20/h3-10,16,18H,2,11-14H2,1H3,(H,23,26)/t16-,18-/m1/s1. The predicted molar refractivity (Wildman–Crippen MR) is 109 cm³/mol. The average molecular weight is 381 g/mol. The fourth-order valence-electron chi connectivity index (χ4n) is 3.97. The normalized spacial score (nSPS) is 21.8. The second-order valence-electron chi connectivity index (χ2n) is 7.12. The molecule has 1 saturated heterocycles. The van der Waals surface area contributed by atoms with Crippen LogP contribution in [-0.4, -0.2) is 24.1 Å². The van der Waals surface area contributed by atoms with E-state index in [0.717, 1.165) is 29.8 Å². The van der Waals surface area contributed by atoms with Gasteiger partial charge in [0.15, 0.2) is 0 Å². The van der Waals surface area contributed by atoms with Crippen LogP contribution in [0.1, 0.15) is 36.9 Å². The van der Waals surface area contributed by atoms with E-state index in [1.807, 2.05) is 48.2 Å². The third kappa shape index (κ3) is 3.61. The zero-order valence-electron chi connectivity index (χ0n) is 15.5. The lowest BCUT2D eigenvalue weighted by Gasteiger charge is -2.27. The number of anilines is 1. The maximum atomic E-state index is 12.9. The molecule has 2 heterocycles. The van der Waals surface area contributed by atoms with Gasteiger partial charge < -0.3 is 10.2 Å². The van der Waals surface area contributed by atoms with E-state index in [0.29, 0.717) is 6.54 Å². The van der Waals surface area contributed by atoms with Gasteiger partial charge in [-0.1, -0.05) is 43.3 Å². The molecule has 27 heavy (non-hydrogen) atoms. The van der Waals surface area contributed by atoms with Crippen molar-refractivity contribution in [3.63, 3.8) is 0 Å². The van der Waals surface area contributed by atoms with E-state index in [4.69, 9.17) is 0 Å². The van der Waals surface area contributed by atoms with Gasteiger partial charge in [0.25, 0.3) is 0 Å². The van der Waals surface area contributed by atoms with Gasteiger partial charge in [-0.2, -0.15) is 0 Å². The lowest BCUT2D eigenvalue weighted by molar-refractivity contribution is -0.127. The van der Waals surface area contributed by atoms with Crippen molar-refractivity contribution in [1.29, 1.82) is 0 Å². The first kappa shape index (κ1) is 18.1. The summed E-state index contributed by atoms with van der Waals surface area (Å²) in [6, 6.07) is 16.3. The van der Waals surface area contributed by atoms with E-state index in [9.17, 15) is 9.59 Å². The molecule has 0 aromatic heterocycles. The number of nitrogens with one attached hydrogen (secondary N) is 1. The second-order valence-corrected chi connectivity index (χ2v) is 8.26. The Balaban J connectivity index is 1.47. The number of para-hydroxylation sites is 1. The lowest BCUT2D eigenvalue weighted by Crippen LogP contribution is -2.36. The van der Waals surface area contributed by atoms with Crippen molar-refractivity contribution in [3.8, 4) is 0 Å². The Morgan fingerprint density at radius 1 is 1.19 bits per heavy atom. The number of amides is 2. The quantitative estimate of drug-likeness (QED) is 0.874. The first-order valence-corrected chi connectivity index (χ1v) is 10.6. The number of carbonyl (C=O) groups excluding carboxylic acids is 2. The molecular weight excluding hydrogens is 356 g/mol. The van der Waals surface area contributed by atoms with Crippen LogP contribution >= 0.6 is 11.8 Å². The van der Waals surface area contributed by atoms with Crippen LogP contribution in [0, 0.1) is 5.92 Å². The molecule has 0 spiro atoms.